The molecule has 4 rings (SSSR count). The first-order valence-electron chi connectivity index (χ1n) is 30.6. The van der Waals surface area contributed by atoms with Crippen LogP contribution in [0.2, 0.25) is 0 Å². The summed E-state index contributed by atoms with van der Waals surface area (Å²) in [6.45, 7) is 52.2. The fraction of sp³-hybridized carbons (Fsp3) is 0.771. The second kappa shape index (κ2) is 40.8. The average Bonchev–Trinajstić information content (AvgIpc) is 3.32. The third-order valence-electron chi connectivity index (χ3n) is 14.2. The van der Waals surface area contributed by atoms with Crippen LogP contribution in [0.15, 0.2) is 77.4 Å². The van der Waals surface area contributed by atoms with Crippen LogP contribution in [-0.4, -0.2) is 76.1 Å². The largest absolute Gasteiger partial charge is 0.394 e. The normalized spacial score (nSPS) is 17.3. The molecule has 2 aliphatic rings. The zero-order valence-electron chi connectivity index (χ0n) is 54.6. The van der Waals surface area contributed by atoms with Gasteiger partial charge in [-0.3, -0.25) is 0 Å². The van der Waals surface area contributed by atoms with Crippen molar-refractivity contribution in [2.75, 3.05) is 19.8 Å². The lowest BCUT2D eigenvalue weighted by atomic mass is 9.70. The van der Waals surface area contributed by atoms with Gasteiger partial charge in [0.05, 0.1) is 25.9 Å². The van der Waals surface area contributed by atoms with E-state index in [1.807, 2.05) is 0 Å². The van der Waals surface area contributed by atoms with Crippen LogP contribution in [0.25, 0.3) is 0 Å². The Kier molecular flexibility index (Phi) is 40.6. The van der Waals surface area contributed by atoms with Crippen molar-refractivity contribution in [2.24, 2.45) is 52.3 Å². The zero-order chi connectivity index (χ0) is 59.7. The standard InChI is InChI=1S/C15H24.C13H24.C12H24O2.C12H24.C10H14.C8H18O5/c1-12(2)6-7-13-8-10-14(11-9-13)15(3,4)5;1-10(2)9-12-11(3)7-6-8-13(12,4)5;1-10(2)6-5-7-11-13-8-12(3,4)9-14-11;1-10(2)7-6-8-12(5)9-11(3)4;1-9(2)8-10-6-4-3-5-7-10;1-4(2)6(11)8(13)7(12)5(10)3-9/h8-12H,6-7H2,1-5H3;10H,6-9H2,1-5H3;10-11H,5-9H2,1-4H3;7,11-12H,6,8-9H2,1-5H3;3-7,9H,8H2,1-2H3;4-13H,3H2,1-2H3/t;;;12-;;5-,6-,7-,8-/m...0.1/s1. The third-order valence-corrected chi connectivity index (χ3v) is 14.2. The Balaban J connectivity index is 0. The van der Waals surface area contributed by atoms with Gasteiger partial charge in [0.15, 0.2) is 6.29 Å². The maximum absolute atomic E-state index is 9.31. The summed E-state index contributed by atoms with van der Waals surface area (Å²) in [6, 6.07) is 19.7. The van der Waals surface area contributed by atoms with E-state index in [1.165, 1.54) is 99.3 Å². The van der Waals surface area contributed by atoms with E-state index in [4.69, 9.17) is 19.7 Å². The first-order chi connectivity index (χ1) is 35.5. The number of rotatable bonds is 21. The molecule has 5 N–H and O–H groups in total. The van der Waals surface area contributed by atoms with Crippen molar-refractivity contribution < 1.29 is 35.0 Å². The summed E-state index contributed by atoms with van der Waals surface area (Å²) in [5.74, 6) is 4.68. The number of hydrogen-bond donors (Lipinski definition) is 5. The van der Waals surface area contributed by atoms with Crippen molar-refractivity contribution in [3.8, 4) is 0 Å². The number of aliphatic hydroxyl groups is 5. The smallest absolute Gasteiger partial charge is 0.157 e. The highest BCUT2D eigenvalue weighted by molar-refractivity contribution is 5.27. The van der Waals surface area contributed by atoms with Gasteiger partial charge in [-0.1, -0.05) is 222 Å². The van der Waals surface area contributed by atoms with Crippen LogP contribution in [-0.2, 0) is 27.7 Å². The topological polar surface area (TPSA) is 120 Å². The second-order valence-electron chi connectivity index (χ2n) is 28.2. The van der Waals surface area contributed by atoms with Crippen molar-refractivity contribution in [3.63, 3.8) is 0 Å². The van der Waals surface area contributed by atoms with Crippen LogP contribution in [0.5, 0.6) is 0 Å². The lowest BCUT2D eigenvalue weighted by Gasteiger charge is -2.35. The fourth-order valence-corrected chi connectivity index (χ4v) is 9.34. The van der Waals surface area contributed by atoms with Crippen LogP contribution in [0, 0.1) is 52.3 Å². The number of aryl methyl sites for hydroxylation is 1. The second-order valence-corrected chi connectivity index (χ2v) is 28.2. The SMILES string of the molecule is CC(C)=CCC[C@H](C)CC(C)C.CC(C)CCCC1OCC(C)(C)CO1.CC(C)CCc1ccc(C(C)(C)C)cc1.CC(C)Cc1ccccc1.CC(C)[C@@H](O)[C@@H](O)[C@H](O)[C@H](O)CO.CC1=C(CC(C)C)C(C)(C)CCC1. The maximum Gasteiger partial charge on any atom is 0.157 e. The summed E-state index contributed by atoms with van der Waals surface area (Å²) >= 11 is 0. The molecule has 7 heteroatoms. The molecule has 0 amide bonds. The first kappa shape index (κ1) is 76.7. The quantitative estimate of drug-likeness (QED) is 0.0790. The summed E-state index contributed by atoms with van der Waals surface area (Å²) in [5.41, 5.74) is 10.2. The van der Waals surface area contributed by atoms with E-state index < -0.39 is 31.0 Å². The molecule has 5 atom stereocenters. The molecule has 2 aromatic rings. The van der Waals surface area contributed by atoms with Crippen molar-refractivity contribution in [1.82, 2.24) is 0 Å². The van der Waals surface area contributed by atoms with E-state index in [0.29, 0.717) is 5.41 Å². The third kappa shape index (κ3) is 39.6. The molecule has 0 saturated carbocycles. The van der Waals surface area contributed by atoms with Crippen LogP contribution in [0.1, 0.15) is 247 Å². The first-order valence-corrected chi connectivity index (χ1v) is 30.6. The number of allylic oxidation sites excluding steroid dienone is 4. The van der Waals surface area contributed by atoms with Gasteiger partial charge in [0, 0.05) is 5.41 Å². The van der Waals surface area contributed by atoms with E-state index in [-0.39, 0.29) is 23.0 Å². The molecule has 1 aliphatic heterocycles. The molecule has 2 aromatic carbocycles. The molecule has 450 valence electrons. The van der Waals surface area contributed by atoms with Crippen molar-refractivity contribution >= 4 is 0 Å². The molecule has 1 fully saturated rings. The van der Waals surface area contributed by atoms with E-state index in [9.17, 15) is 15.3 Å². The minimum atomic E-state index is -1.53. The van der Waals surface area contributed by atoms with E-state index >= 15 is 0 Å². The fourth-order valence-electron chi connectivity index (χ4n) is 9.34. The van der Waals surface area contributed by atoms with Crippen LogP contribution < -0.4 is 0 Å². The summed E-state index contributed by atoms with van der Waals surface area (Å²) in [7, 11) is 0. The molecular formula is C70H128O7. The van der Waals surface area contributed by atoms with E-state index in [1.54, 1.807) is 25.0 Å². The zero-order valence-corrected chi connectivity index (χ0v) is 54.6. The Morgan fingerprint density at radius 3 is 1.61 bits per heavy atom. The van der Waals surface area contributed by atoms with Gasteiger partial charge in [-0.15, -0.1) is 0 Å². The van der Waals surface area contributed by atoms with Gasteiger partial charge in [0.2, 0.25) is 0 Å². The van der Waals surface area contributed by atoms with Crippen LogP contribution >= 0.6 is 0 Å². The maximum atomic E-state index is 9.31. The van der Waals surface area contributed by atoms with Crippen molar-refractivity contribution in [1.29, 1.82) is 0 Å². The average molecular weight is 1080 g/mol. The molecule has 1 heterocycles. The summed E-state index contributed by atoms with van der Waals surface area (Å²) in [4.78, 5) is 0. The van der Waals surface area contributed by atoms with E-state index in [0.717, 1.165) is 55.1 Å². The van der Waals surface area contributed by atoms with Gasteiger partial charge < -0.3 is 35.0 Å². The molecule has 7 nitrogen and oxygen atoms in total. The minimum absolute atomic E-state index is 0.0572. The van der Waals surface area contributed by atoms with Gasteiger partial charge in [-0.05, 0) is 167 Å². The molecule has 0 bridgehead atoms. The number of benzene rings is 2. The highest BCUT2D eigenvalue weighted by Crippen LogP contribution is 2.43. The predicted molar refractivity (Wildman–Crippen MR) is 334 cm³/mol. The van der Waals surface area contributed by atoms with Gasteiger partial charge in [-0.25, -0.2) is 0 Å². The lowest BCUT2D eigenvalue weighted by molar-refractivity contribution is -0.224. The number of hydrogen-bond acceptors (Lipinski definition) is 7. The van der Waals surface area contributed by atoms with Crippen LogP contribution in [0.3, 0.4) is 0 Å². The van der Waals surface area contributed by atoms with Gasteiger partial charge in [0.25, 0.3) is 0 Å². The molecule has 1 aliphatic carbocycles. The number of ether oxygens (including phenoxy) is 2. The molecule has 0 spiro atoms. The van der Waals surface area contributed by atoms with Crippen LogP contribution in [0.4, 0.5) is 0 Å². The molecule has 0 aromatic heterocycles. The lowest BCUT2D eigenvalue weighted by Crippen LogP contribution is -2.47. The highest BCUT2D eigenvalue weighted by atomic mass is 16.7. The summed E-state index contributed by atoms with van der Waals surface area (Å²) in [5, 5.41) is 45.2. The summed E-state index contributed by atoms with van der Waals surface area (Å²) < 4.78 is 11.3. The Morgan fingerprint density at radius 2 is 1.18 bits per heavy atom. The monoisotopic (exact) mass is 1080 g/mol. The summed E-state index contributed by atoms with van der Waals surface area (Å²) in [6.07, 6.45) is 13.5. The predicted octanol–water partition coefficient (Wildman–Crippen LogP) is 17.7. The van der Waals surface area contributed by atoms with Crippen molar-refractivity contribution in [2.45, 2.75) is 279 Å². The van der Waals surface area contributed by atoms with Gasteiger partial charge >= 0.3 is 0 Å². The minimum Gasteiger partial charge on any atom is -0.394 e. The molecule has 0 unspecified atom stereocenters. The Hall–Kier alpha value is -2.36. The molecule has 1 saturated heterocycles. The molecular weight excluding hydrogens is 953 g/mol. The van der Waals surface area contributed by atoms with Gasteiger partial charge in [0.1, 0.15) is 18.3 Å². The Morgan fingerprint density at radius 1 is 0.649 bits per heavy atom. The Labute approximate surface area is 477 Å². The van der Waals surface area contributed by atoms with Gasteiger partial charge in [-0.2, -0.15) is 0 Å². The number of aliphatic hydroxyl groups excluding tert-OH is 5. The molecule has 0 radical (unpaired) electrons. The highest BCUT2D eigenvalue weighted by Gasteiger charge is 2.32. The molecule has 77 heavy (non-hydrogen) atoms. The van der Waals surface area contributed by atoms with Crippen molar-refractivity contribution in [3.05, 3.63) is 94.1 Å². The Bertz CT molecular complexity index is 1770. The van der Waals surface area contributed by atoms with E-state index in [2.05, 4.69) is 206 Å².